The molecule has 7 heteroatoms. The fourth-order valence-electron chi connectivity index (χ4n) is 1.90. The SMILES string of the molecule is COc1ccc(-c2noc(COc3ccc(Br)cc3Br)n2)cc1. The topological polar surface area (TPSA) is 57.4 Å². The van der Waals surface area contributed by atoms with Crippen LogP contribution in [-0.2, 0) is 6.61 Å². The van der Waals surface area contributed by atoms with Crippen molar-refractivity contribution < 1.29 is 14.0 Å². The van der Waals surface area contributed by atoms with Crippen LogP contribution >= 0.6 is 31.9 Å². The third-order valence-corrected chi connectivity index (χ3v) is 4.17. The molecule has 118 valence electrons. The highest BCUT2D eigenvalue weighted by Gasteiger charge is 2.10. The zero-order chi connectivity index (χ0) is 16.2. The van der Waals surface area contributed by atoms with Crippen molar-refractivity contribution >= 4 is 31.9 Å². The summed E-state index contributed by atoms with van der Waals surface area (Å²) in [5.41, 5.74) is 0.852. The van der Waals surface area contributed by atoms with E-state index in [4.69, 9.17) is 14.0 Å². The average molecular weight is 440 g/mol. The second-order valence-electron chi connectivity index (χ2n) is 4.60. The van der Waals surface area contributed by atoms with Crippen molar-refractivity contribution in [1.29, 1.82) is 0 Å². The zero-order valence-electron chi connectivity index (χ0n) is 12.1. The summed E-state index contributed by atoms with van der Waals surface area (Å²) in [6.45, 7) is 0.198. The second-order valence-corrected chi connectivity index (χ2v) is 6.37. The van der Waals surface area contributed by atoms with E-state index < -0.39 is 0 Å². The highest BCUT2D eigenvalue weighted by molar-refractivity contribution is 9.11. The molecule has 5 nitrogen and oxygen atoms in total. The average Bonchev–Trinajstić information content (AvgIpc) is 3.03. The number of hydrogen-bond acceptors (Lipinski definition) is 5. The molecule has 0 amide bonds. The van der Waals surface area contributed by atoms with Gasteiger partial charge < -0.3 is 14.0 Å². The van der Waals surface area contributed by atoms with Gasteiger partial charge in [-0.2, -0.15) is 4.98 Å². The van der Waals surface area contributed by atoms with Gasteiger partial charge in [0.1, 0.15) is 11.5 Å². The maximum atomic E-state index is 5.68. The lowest BCUT2D eigenvalue weighted by Crippen LogP contribution is -1.96. The molecule has 0 unspecified atom stereocenters. The summed E-state index contributed by atoms with van der Waals surface area (Å²) < 4.78 is 17.8. The van der Waals surface area contributed by atoms with E-state index in [9.17, 15) is 0 Å². The normalized spacial score (nSPS) is 10.6. The van der Waals surface area contributed by atoms with Crippen molar-refractivity contribution in [1.82, 2.24) is 10.1 Å². The zero-order valence-corrected chi connectivity index (χ0v) is 15.3. The molecule has 0 saturated heterocycles. The Balaban J connectivity index is 1.69. The van der Waals surface area contributed by atoms with Crippen molar-refractivity contribution in [3.8, 4) is 22.9 Å². The number of hydrogen-bond donors (Lipinski definition) is 0. The molecular formula is C16H12Br2N2O3. The highest BCUT2D eigenvalue weighted by Crippen LogP contribution is 2.29. The predicted molar refractivity (Wildman–Crippen MR) is 92.5 cm³/mol. The minimum absolute atomic E-state index is 0.198. The van der Waals surface area contributed by atoms with Crippen molar-refractivity contribution in [3.63, 3.8) is 0 Å². The summed E-state index contributed by atoms with van der Waals surface area (Å²) in [6.07, 6.45) is 0. The molecule has 0 aliphatic heterocycles. The van der Waals surface area contributed by atoms with Crippen molar-refractivity contribution in [2.24, 2.45) is 0 Å². The van der Waals surface area contributed by atoms with Gasteiger partial charge in [-0.15, -0.1) is 0 Å². The maximum absolute atomic E-state index is 5.68. The summed E-state index contributed by atoms with van der Waals surface area (Å²) in [5, 5.41) is 3.96. The highest BCUT2D eigenvalue weighted by atomic mass is 79.9. The summed E-state index contributed by atoms with van der Waals surface area (Å²) >= 11 is 6.84. The number of rotatable bonds is 5. The van der Waals surface area contributed by atoms with E-state index in [1.807, 2.05) is 42.5 Å². The number of halogens is 2. The molecule has 0 bridgehead atoms. The predicted octanol–water partition coefficient (Wildman–Crippen LogP) is 4.85. The number of methoxy groups -OCH3 is 1. The molecule has 0 fully saturated rings. The van der Waals surface area contributed by atoms with Gasteiger partial charge in [0.05, 0.1) is 11.6 Å². The van der Waals surface area contributed by atoms with Gasteiger partial charge in [0.2, 0.25) is 5.82 Å². The third kappa shape index (κ3) is 3.92. The number of ether oxygens (including phenoxy) is 2. The van der Waals surface area contributed by atoms with Gasteiger partial charge in [0.15, 0.2) is 6.61 Å². The molecule has 0 N–H and O–H groups in total. The van der Waals surface area contributed by atoms with Gasteiger partial charge in [-0.05, 0) is 58.4 Å². The van der Waals surface area contributed by atoms with E-state index in [-0.39, 0.29) is 6.61 Å². The first-order valence-electron chi connectivity index (χ1n) is 6.70. The van der Waals surface area contributed by atoms with Crippen LogP contribution in [0, 0.1) is 0 Å². The minimum atomic E-state index is 0.198. The number of benzene rings is 2. The molecule has 3 rings (SSSR count). The fraction of sp³-hybridized carbons (Fsp3) is 0.125. The van der Waals surface area contributed by atoms with Crippen molar-refractivity contribution in [2.75, 3.05) is 7.11 Å². The van der Waals surface area contributed by atoms with Gasteiger partial charge in [-0.25, -0.2) is 0 Å². The molecule has 0 radical (unpaired) electrons. The Hall–Kier alpha value is -1.86. The first kappa shape index (κ1) is 16.0. The molecule has 0 atom stereocenters. The summed E-state index contributed by atoms with van der Waals surface area (Å²) in [6, 6.07) is 13.1. The van der Waals surface area contributed by atoms with Crippen LogP contribution in [0.5, 0.6) is 11.5 Å². The van der Waals surface area contributed by atoms with Gasteiger partial charge in [0.25, 0.3) is 5.89 Å². The number of aromatic nitrogens is 2. The van der Waals surface area contributed by atoms with Crippen LogP contribution in [0.1, 0.15) is 5.89 Å². The van der Waals surface area contributed by atoms with Crippen LogP contribution in [-0.4, -0.2) is 17.3 Å². The van der Waals surface area contributed by atoms with Crippen molar-refractivity contribution in [3.05, 3.63) is 57.3 Å². The Morgan fingerprint density at radius 1 is 1.09 bits per heavy atom. The Morgan fingerprint density at radius 3 is 2.57 bits per heavy atom. The van der Waals surface area contributed by atoms with Gasteiger partial charge in [0, 0.05) is 10.0 Å². The van der Waals surface area contributed by atoms with E-state index in [1.165, 1.54) is 0 Å². The quantitative estimate of drug-likeness (QED) is 0.568. The molecule has 0 aliphatic rings. The Kier molecular flexibility index (Phi) is 4.97. The van der Waals surface area contributed by atoms with E-state index >= 15 is 0 Å². The molecule has 3 aromatic rings. The van der Waals surface area contributed by atoms with Gasteiger partial charge >= 0.3 is 0 Å². The first-order valence-corrected chi connectivity index (χ1v) is 8.29. The summed E-state index contributed by atoms with van der Waals surface area (Å²) in [5.74, 6) is 2.41. The molecular weight excluding hydrogens is 428 g/mol. The monoisotopic (exact) mass is 438 g/mol. The maximum Gasteiger partial charge on any atom is 0.264 e. The smallest absolute Gasteiger partial charge is 0.264 e. The summed E-state index contributed by atoms with van der Waals surface area (Å²) in [4.78, 5) is 4.33. The van der Waals surface area contributed by atoms with Crippen LogP contribution in [0.3, 0.4) is 0 Å². The lowest BCUT2D eigenvalue weighted by atomic mass is 10.2. The largest absolute Gasteiger partial charge is 0.497 e. The van der Waals surface area contributed by atoms with Crippen LogP contribution < -0.4 is 9.47 Å². The van der Waals surface area contributed by atoms with Crippen LogP contribution in [0.4, 0.5) is 0 Å². The van der Waals surface area contributed by atoms with Crippen LogP contribution in [0.2, 0.25) is 0 Å². The van der Waals surface area contributed by atoms with Crippen LogP contribution in [0.25, 0.3) is 11.4 Å². The first-order chi connectivity index (χ1) is 11.2. The third-order valence-electron chi connectivity index (χ3n) is 3.06. The second kappa shape index (κ2) is 7.14. The molecule has 0 spiro atoms. The number of nitrogens with zero attached hydrogens (tertiary/aromatic N) is 2. The van der Waals surface area contributed by atoms with Crippen molar-refractivity contribution in [2.45, 2.75) is 6.61 Å². The van der Waals surface area contributed by atoms with E-state index in [0.29, 0.717) is 17.5 Å². The fourth-order valence-corrected chi connectivity index (χ4v) is 3.06. The molecule has 1 heterocycles. The Morgan fingerprint density at radius 2 is 1.87 bits per heavy atom. The molecule has 1 aromatic heterocycles. The van der Waals surface area contributed by atoms with E-state index in [1.54, 1.807) is 7.11 Å². The minimum Gasteiger partial charge on any atom is -0.497 e. The lowest BCUT2D eigenvalue weighted by molar-refractivity contribution is 0.242. The molecule has 2 aromatic carbocycles. The summed E-state index contributed by atoms with van der Waals surface area (Å²) in [7, 11) is 1.62. The van der Waals surface area contributed by atoms with E-state index in [0.717, 1.165) is 20.3 Å². The molecule has 23 heavy (non-hydrogen) atoms. The standard InChI is InChI=1S/C16H12Br2N2O3/c1-21-12-5-2-10(3-6-12)16-19-15(23-20-16)9-22-14-7-4-11(17)8-13(14)18/h2-8H,9H2,1H3. The molecule has 0 aliphatic carbocycles. The Labute approximate surface area is 149 Å². The van der Waals surface area contributed by atoms with E-state index in [2.05, 4.69) is 42.0 Å². The molecule has 0 saturated carbocycles. The lowest BCUT2D eigenvalue weighted by Gasteiger charge is -2.05. The van der Waals surface area contributed by atoms with Gasteiger partial charge in [-0.1, -0.05) is 21.1 Å². The van der Waals surface area contributed by atoms with Gasteiger partial charge in [-0.3, -0.25) is 0 Å². The van der Waals surface area contributed by atoms with Crippen LogP contribution in [0.15, 0.2) is 55.9 Å². The Bertz CT molecular complexity index is 803.